The van der Waals surface area contributed by atoms with E-state index in [1.54, 1.807) is 13.8 Å². The number of fused-ring (bicyclic) bond motifs is 1. The first-order chi connectivity index (χ1) is 16.1. The number of hydrogen-bond donors (Lipinski definition) is 0. The molecule has 0 N–H and O–H groups in total. The summed E-state index contributed by atoms with van der Waals surface area (Å²) < 4.78 is 41.2. The van der Waals surface area contributed by atoms with Gasteiger partial charge < -0.3 is 9.47 Å². The molecular formula is C23H30NO9P. The van der Waals surface area contributed by atoms with Gasteiger partial charge in [0.2, 0.25) is 5.91 Å². The summed E-state index contributed by atoms with van der Waals surface area (Å²) in [5.41, 5.74) is -1.18. The zero-order chi connectivity index (χ0) is 24.5. The molecule has 1 aliphatic carbocycles. The Morgan fingerprint density at radius 3 is 2.79 bits per heavy atom. The van der Waals surface area contributed by atoms with Gasteiger partial charge in [-0.15, -0.1) is 6.42 Å². The Bertz CT molecular complexity index is 953. The zero-order valence-corrected chi connectivity index (χ0v) is 20.2. The lowest BCUT2D eigenvalue weighted by atomic mass is 9.82. The molecule has 3 aliphatic heterocycles. The SMILES string of the molecule is C#C[C@]1(C)[C@@H]2O[P@](=O)(OCC(C)CC(=O)OC3CCCC3)OC[C@H]2O[C@H]1N1C=CC(=O)CC1=O. The van der Waals surface area contributed by atoms with Crippen molar-refractivity contribution in [2.75, 3.05) is 13.2 Å². The molecule has 10 nitrogen and oxygen atoms in total. The molecular weight excluding hydrogens is 465 g/mol. The van der Waals surface area contributed by atoms with Crippen molar-refractivity contribution < 1.29 is 42.0 Å². The quantitative estimate of drug-likeness (QED) is 0.227. The smallest absolute Gasteiger partial charge is 0.462 e. The van der Waals surface area contributed by atoms with E-state index in [9.17, 15) is 18.9 Å². The van der Waals surface area contributed by atoms with Crippen molar-refractivity contribution in [3.05, 3.63) is 12.3 Å². The predicted molar refractivity (Wildman–Crippen MR) is 118 cm³/mol. The van der Waals surface area contributed by atoms with Crippen molar-refractivity contribution in [3.63, 3.8) is 0 Å². The molecule has 0 aromatic carbocycles. The van der Waals surface area contributed by atoms with Gasteiger partial charge in [-0.2, -0.15) is 0 Å². The monoisotopic (exact) mass is 495 g/mol. The second-order valence-corrected chi connectivity index (χ2v) is 11.1. The number of hydrogen-bond acceptors (Lipinski definition) is 9. The maximum atomic E-state index is 13.2. The lowest BCUT2D eigenvalue weighted by molar-refractivity contribution is -0.150. The van der Waals surface area contributed by atoms with E-state index in [0.717, 1.165) is 25.7 Å². The number of terminal acetylenes is 1. The zero-order valence-electron chi connectivity index (χ0n) is 19.3. The van der Waals surface area contributed by atoms with Crippen molar-refractivity contribution in [2.24, 2.45) is 11.3 Å². The maximum absolute atomic E-state index is 13.2. The molecule has 6 atom stereocenters. The van der Waals surface area contributed by atoms with Gasteiger partial charge >= 0.3 is 13.8 Å². The highest BCUT2D eigenvalue weighted by molar-refractivity contribution is 7.48. The van der Waals surface area contributed by atoms with E-state index in [0.29, 0.717) is 0 Å². The number of nitrogens with zero attached hydrogens (tertiary/aromatic N) is 1. The maximum Gasteiger partial charge on any atom is 0.475 e. The molecule has 0 radical (unpaired) electrons. The molecule has 4 rings (SSSR count). The Hall–Kier alpha value is -2.02. The van der Waals surface area contributed by atoms with Crippen LogP contribution in [0.3, 0.4) is 0 Å². The van der Waals surface area contributed by atoms with Gasteiger partial charge in [0.05, 0.1) is 26.1 Å². The lowest BCUT2D eigenvalue weighted by Crippen LogP contribution is -2.49. The first-order valence-corrected chi connectivity index (χ1v) is 13.0. The molecule has 2 saturated heterocycles. The number of rotatable bonds is 7. The van der Waals surface area contributed by atoms with E-state index in [-0.39, 0.29) is 49.8 Å². The third kappa shape index (κ3) is 5.14. The molecule has 0 aromatic heterocycles. The molecule has 0 bridgehead atoms. The highest BCUT2D eigenvalue weighted by atomic mass is 31.2. The summed E-state index contributed by atoms with van der Waals surface area (Å²) in [5, 5.41) is 0. The summed E-state index contributed by atoms with van der Waals surface area (Å²) in [6.07, 6.45) is 9.70. The number of esters is 1. The van der Waals surface area contributed by atoms with Gasteiger partial charge in [-0.25, -0.2) is 4.57 Å². The molecule has 1 unspecified atom stereocenters. The Morgan fingerprint density at radius 1 is 1.38 bits per heavy atom. The van der Waals surface area contributed by atoms with Crippen molar-refractivity contribution in [2.45, 2.75) is 76.9 Å². The van der Waals surface area contributed by atoms with Crippen molar-refractivity contribution in [1.29, 1.82) is 0 Å². The van der Waals surface area contributed by atoms with Crippen molar-refractivity contribution >= 4 is 25.5 Å². The molecule has 1 amide bonds. The molecule has 186 valence electrons. The first-order valence-electron chi connectivity index (χ1n) is 11.6. The summed E-state index contributed by atoms with van der Waals surface area (Å²) in [6, 6.07) is 0. The minimum atomic E-state index is -4.00. The Balaban J connectivity index is 1.36. The fraction of sp³-hybridized carbons (Fsp3) is 0.696. The fourth-order valence-electron chi connectivity index (χ4n) is 4.68. The number of ketones is 1. The van der Waals surface area contributed by atoms with Crippen LogP contribution in [0.2, 0.25) is 0 Å². The summed E-state index contributed by atoms with van der Waals surface area (Å²) >= 11 is 0. The van der Waals surface area contributed by atoms with Crippen LogP contribution in [-0.2, 0) is 42.0 Å². The Kier molecular flexibility index (Phi) is 7.32. The van der Waals surface area contributed by atoms with Crippen LogP contribution in [0.5, 0.6) is 0 Å². The van der Waals surface area contributed by atoms with Gasteiger partial charge in [0.1, 0.15) is 23.7 Å². The molecule has 0 aromatic rings. The number of phosphoric ester groups is 1. The molecule has 1 saturated carbocycles. The summed E-state index contributed by atoms with van der Waals surface area (Å²) in [7, 11) is -4.00. The van der Waals surface area contributed by atoms with E-state index in [1.807, 2.05) is 0 Å². The minimum Gasteiger partial charge on any atom is -0.462 e. The minimum absolute atomic E-state index is 0.0163. The second-order valence-electron chi connectivity index (χ2n) is 9.48. The number of amides is 1. The van der Waals surface area contributed by atoms with Crippen LogP contribution in [0, 0.1) is 23.7 Å². The van der Waals surface area contributed by atoms with Gasteiger partial charge in [0.15, 0.2) is 12.0 Å². The predicted octanol–water partition coefficient (Wildman–Crippen LogP) is 2.72. The van der Waals surface area contributed by atoms with Crippen LogP contribution >= 0.6 is 7.82 Å². The van der Waals surface area contributed by atoms with Crippen LogP contribution in [-0.4, -0.2) is 60.3 Å². The van der Waals surface area contributed by atoms with Crippen LogP contribution in [0.4, 0.5) is 0 Å². The van der Waals surface area contributed by atoms with E-state index in [1.165, 1.54) is 17.2 Å². The second kappa shape index (κ2) is 9.92. The van der Waals surface area contributed by atoms with Gasteiger partial charge in [-0.1, -0.05) is 12.8 Å². The van der Waals surface area contributed by atoms with E-state index in [4.69, 9.17) is 29.5 Å². The molecule has 3 heterocycles. The molecule has 34 heavy (non-hydrogen) atoms. The topological polar surface area (TPSA) is 118 Å². The van der Waals surface area contributed by atoms with E-state index in [2.05, 4.69) is 5.92 Å². The average Bonchev–Trinajstić information content (AvgIpc) is 3.39. The van der Waals surface area contributed by atoms with Crippen LogP contribution in [0.25, 0.3) is 0 Å². The van der Waals surface area contributed by atoms with Crippen LogP contribution in [0.1, 0.15) is 52.4 Å². The molecule has 11 heteroatoms. The number of carbonyl (C=O) groups excluding carboxylic acids is 3. The molecule has 3 fully saturated rings. The Labute approximate surface area is 198 Å². The summed E-state index contributed by atoms with van der Waals surface area (Å²) in [4.78, 5) is 37.4. The van der Waals surface area contributed by atoms with Crippen molar-refractivity contribution in [1.82, 2.24) is 4.90 Å². The van der Waals surface area contributed by atoms with Gasteiger partial charge in [0.25, 0.3) is 0 Å². The third-order valence-electron chi connectivity index (χ3n) is 6.62. The fourth-order valence-corrected chi connectivity index (χ4v) is 6.27. The van der Waals surface area contributed by atoms with Crippen molar-refractivity contribution in [3.8, 4) is 12.3 Å². The number of carbonyl (C=O) groups is 3. The van der Waals surface area contributed by atoms with Gasteiger partial charge in [-0.05, 0) is 44.6 Å². The highest BCUT2D eigenvalue weighted by Gasteiger charge is 2.61. The van der Waals surface area contributed by atoms with Gasteiger partial charge in [0, 0.05) is 6.20 Å². The van der Waals surface area contributed by atoms with Crippen LogP contribution < -0.4 is 0 Å². The molecule has 4 aliphatic rings. The summed E-state index contributed by atoms with van der Waals surface area (Å²) in [5.74, 6) is 1.29. The van der Waals surface area contributed by atoms with E-state index < -0.39 is 37.6 Å². The number of ether oxygens (including phenoxy) is 2. The Morgan fingerprint density at radius 2 is 2.12 bits per heavy atom. The average molecular weight is 495 g/mol. The third-order valence-corrected chi connectivity index (χ3v) is 8.03. The number of allylic oxidation sites excluding steroid dienone is 1. The lowest BCUT2D eigenvalue weighted by Gasteiger charge is -2.37. The van der Waals surface area contributed by atoms with E-state index >= 15 is 0 Å². The number of phosphoric acid groups is 1. The molecule has 0 spiro atoms. The van der Waals surface area contributed by atoms with Gasteiger partial charge in [-0.3, -0.25) is 32.9 Å². The normalized spacial score (nSPS) is 36.9. The highest BCUT2D eigenvalue weighted by Crippen LogP contribution is 2.59. The first kappa shape index (κ1) is 25.1. The standard InChI is InChI=1S/C23H30NO9P/c1-4-23(3)21-18(32-22(23)24-10-9-16(25)12-19(24)26)14-30-34(28,33-21)29-13-15(2)11-20(27)31-17-7-5-6-8-17/h1,9-10,15,17-18,21-22H,5-8,11-14H2,2-3H3/t15?,18-,21-,22-,23-,34-/m1/s1. The largest absolute Gasteiger partial charge is 0.475 e. The summed E-state index contributed by atoms with van der Waals surface area (Å²) in [6.45, 7) is 3.29. The van der Waals surface area contributed by atoms with Crippen LogP contribution in [0.15, 0.2) is 12.3 Å².